The normalized spacial score (nSPS) is 9.10. The number of rotatable bonds is 3. The molecule has 0 spiro atoms. The Balaban J connectivity index is -0.0000000555. The van der Waals surface area contributed by atoms with Gasteiger partial charge in [0.1, 0.15) is 0 Å². The van der Waals surface area contributed by atoms with Crippen molar-refractivity contribution in [2.24, 2.45) is 0 Å². The van der Waals surface area contributed by atoms with Crippen LogP contribution in [0, 0.1) is 29.7 Å². The van der Waals surface area contributed by atoms with Crippen LogP contribution in [0.2, 0.25) is 0 Å². The predicted octanol–water partition coefficient (Wildman–Crippen LogP) is 0.841. The summed E-state index contributed by atoms with van der Waals surface area (Å²) < 4.78 is 0. The van der Waals surface area contributed by atoms with Gasteiger partial charge >= 0.3 is 0 Å². The van der Waals surface area contributed by atoms with Gasteiger partial charge in [0.05, 0.1) is 0 Å². The summed E-state index contributed by atoms with van der Waals surface area (Å²) in [5, 5.41) is 2.83. The minimum atomic E-state index is 0. The van der Waals surface area contributed by atoms with Crippen molar-refractivity contribution in [2.75, 3.05) is 0 Å². The molecule has 4 rings (SSSR count). The molecule has 0 fully saturated rings. The summed E-state index contributed by atoms with van der Waals surface area (Å²) >= 11 is 0. The van der Waals surface area contributed by atoms with E-state index in [2.05, 4.69) is 61.5 Å². The van der Waals surface area contributed by atoms with Crippen LogP contribution >= 0.6 is 0 Å². The zero-order valence-corrected chi connectivity index (χ0v) is 25.2. The zero-order chi connectivity index (χ0) is 14.5. The van der Waals surface area contributed by atoms with Crippen LogP contribution in [-0.2, 0) is 45.5 Å². The Morgan fingerprint density at radius 2 is 1.47 bits per heavy atom. The van der Waals surface area contributed by atoms with Crippen LogP contribution in [0.3, 0.4) is 0 Å². The van der Waals surface area contributed by atoms with Crippen molar-refractivity contribution in [1.29, 1.82) is 0 Å². The van der Waals surface area contributed by atoms with E-state index < -0.39 is 0 Å². The molecule has 1 aliphatic rings. The maximum absolute atomic E-state index is 2.36. The Morgan fingerprint density at radius 1 is 0.867 bits per heavy atom. The van der Waals surface area contributed by atoms with Gasteiger partial charge in [0.2, 0.25) is 0 Å². The fourth-order valence-corrected chi connectivity index (χ4v) is 3.17. The number of fused-ring (bicyclic) bond motifs is 2. The first-order valence-corrected chi connectivity index (χ1v) is 8.24. The first-order chi connectivity index (χ1) is 10.4. The van der Waals surface area contributed by atoms with E-state index in [0.29, 0.717) is 0 Å². The van der Waals surface area contributed by atoms with Crippen molar-refractivity contribution in [3.05, 3.63) is 101 Å². The van der Waals surface area contributed by atoms with Gasteiger partial charge in [-0.3, -0.25) is 0 Å². The third-order valence-electron chi connectivity index (χ3n) is 4.40. The largest absolute Gasteiger partial charge is 1.00 e. The standard InChI is InChI=1S/C12H11.C9H13.4CH3.2ClH.2Si.Zr/c1-3-9-7-11-5-2-6-12(11)8-10(9)4-1;1-2-3-6-9-7-4-5-8-9;;;;;;;;;/h1,3-4,7-8H,2,5-6H2;4-5,7-8H,2-3,6H2,1H3;4*1H3;2*1H;;;/q6*-1;;;;;/p-2. The van der Waals surface area contributed by atoms with Gasteiger partial charge in [-0.2, -0.15) is 35.9 Å². The van der Waals surface area contributed by atoms with Crippen molar-refractivity contribution >= 4 is 32.7 Å². The van der Waals surface area contributed by atoms with Gasteiger partial charge in [-0.05, 0) is 19.3 Å². The fourth-order valence-electron chi connectivity index (χ4n) is 3.17. The molecule has 0 saturated carbocycles. The molecular formula is C25H36Cl2Si2Zr-8. The molecular weight excluding hydrogens is 519 g/mol. The molecule has 5 heteroatoms. The van der Waals surface area contributed by atoms with E-state index in [1.54, 1.807) is 11.1 Å². The number of hydrogen-bond donors (Lipinski definition) is 0. The van der Waals surface area contributed by atoms with Crippen LogP contribution in [0.15, 0.2) is 54.6 Å². The van der Waals surface area contributed by atoms with E-state index in [0.717, 1.165) is 0 Å². The fraction of sp³-hybridized carbons (Fsp3) is 0.280. The van der Waals surface area contributed by atoms with Crippen LogP contribution in [-0.4, -0.2) is 21.9 Å². The van der Waals surface area contributed by atoms with Gasteiger partial charge in [-0.25, -0.2) is 6.07 Å². The zero-order valence-electron chi connectivity index (χ0n) is 19.2. The Morgan fingerprint density at radius 3 is 2.00 bits per heavy atom. The number of halogens is 2. The van der Waals surface area contributed by atoms with Gasteiger partial charge in [0, 0.05) is 48.1 Å². The minimum Gasteiger partial charge on any atom is -1.00 e. The maximum atomic E-state index is 2.36. The van der Waals surface area contributed by atoms with Crippen molar-refractivity contribution < 1.29 is 51.0 Å². The monoisotopic (exact) mass is 552 g/mol. The van der Waals surface area contributed by atoms with E-state index >= 15 is 0 Å². The summed E-state index contributed by atoms with van der Waals surface area (Å²) in [4.78, 5) is 0. The summed E-state index contributed by atoms with van der Waals surface area (Å²) in [6.07, 6.45) is 7.80. The smallest absolute Gasteiger partial charge is 0 e. The Kier molecular flexibility index (Phi) is 40.3. The number of benzene rings is 1. The van der Waals surface area contributed by atoms with Gasteiger partial charge < -0.3 is 54.5 Å². The molecule has 0 bridgehead atoms. The maximum Gasteiger partial charge on any atom is 0 e. The van der Waals surface area contributed by atoms with Crippen molar-refractivity contribution in [3.63, 3.8) is 0 Å². The van der Waals surface area contributed by atoms with E-state index in [9.17, 15) is 0 Å². The second kappa shape index (κ2) is 25.3. The molecule has 0 aliphatic heterocycles. The number of unbranched alkanes of at least 4 members (excludes halogenated alkanes) is 1. The van der Waals surface area contributed by atoms with Gasteiger partial charge in [0.25, 0.3) is 0 Å². The molecule has 3 aromatic carbocycles. The number of hydrogen-bond acceptors (Lipinski definition) is 0. The second-order valence-electron chi connectivity index (χ2n) is 6.03. The third kappa shape index (κ3) is 13.5. The molecule has 0 atom stereocenters. The van der Waals surface area contributed by atoms with Gasteiger partial charge in [-0.1, -0.05) is 37.3 Å². The first kappa shape index (κ1) is 47.8. The molecule has 0 nitrogen and oxygen atoms in total. The summed E-state index contributed by atoms with van der Waals surface area (Å²) in [6, 6.07) is 19.8. The van der Waals surface area contributed by atoms with Crippen molar-refractivity contribution in [3.8, 4) is 0 Å². The van der Waals surface area contributed by atoms with Crippen LogP contribution in [0.5, 0.6) is 0 Å². The third-order valence-corrected chi connectivity index (χ3v) is 4.40. The average molecular weight is 555 g/mol. The Hall–Kier alpha value is 0.0769. The van der Waals surface area contributed by atoms with E-state index in [1.807, 2.05) is 0 Å². The summed E-state index contributed by atoms with van der Waals surface area (Å²) in [6.45, 7) is 2.23. The van der Waals surface area contributed by atoms with Crippen LogP contribution in [0.1, 0.15) is 42.9 Å². The molecule has 0 heterocycles. The van der Waals surface area contributed by atoms with Crippen LogP contribution in [0.4, 0.5) is 0 Å². The molecule has 30 heavy (non-hydrogen) atoms. The van der Waals surface area contributed by atoms with Crippen molar-refractivity contribution in [2.45, 2.75) is 45.4 Å². The van der Waals surface area contributed by atoms with Crippen LogP contribution in [0.25, 0.3) is 10.8 Å². The Labute approximate surface area is 228 Å². The van der Waals surface area contributed by atoms with E-state index in [1.165, 1.54) is 54.9 Å². The molecule has 1 aliphatic carbocycles. The molecule has 8 radical (unpaired) electrons. The molecule has 0 N–H and O–H groups in total. The molecule has 3 aromatic rings. The number of aryl methyl sites for hydroxylation is 3. The second-order valence-corrected chi connectivity index (χ2v) is 6.03. The molecule has 0 unspecified atom stereocenters. The van der Waals surface area contributed by atoms with Crippen molar-refractivity contribution in [1.82, 2.24) is 0 Å². The van der Waals surface area contributed by atoms with Gasteiger partial charge in [0.15, 0.2) is 0 Å². The average Bonchev–Trinajstić information content (AvgIpc) is 3.23. The molecule has 0 saturated heterocycles. The van der Waals surface area contributed by atoms with E-state index in [-0.39, 0.29) is 103 Å². The van der Waals surface area contributed by atoms with Gasteiger partial charge in [-0.15, -0.1) is 29.0 Å². The van der Waals surface area contributed by atoms with Crippen LogP contribution < -0.4 is 24.8 Å². The predicted molar refractivity (Wildman–Crippen MR) is 129 cm³/mol. The molecule has 0 amide bonds. The quantitative estimate of drug-likeness (QED) is 0.333. The van der Waals surface area contributed by atoms with E-state index in [4.69, 9.17) is 0 Å². The Bertz CT molecular complexity index is 656. The minimum absolute atomic E-state index is 0. The topological polar surface area (TPSA) is 0 Å². The SMILES string of the molecule is CCCCc1cc[cH-]c1.[CH3-].[CH3-].[CH3-].[CH3-].[Cl-].[Cl-].[Si].[Si].[Zr].c1cc2cc3c(cc2[cH-]1)CCC3. The first-order valence-electron chi connectivity index (χ1n) is 8.24. The summed E-state index contributed by atoms with van der Waals surface area (Å²) in [5.74, 6) is 0. The molecule has 0 aromatic heterocycles. The summed E-state index contributed by atoms with van der Waals surface area (Å²) in [7, 11) is 0. The summed E-state index contributed by atoms with van der Waals surface area (Å²) in [5.41, 5.74) is 4.64. The molecule has 170 valence electrons.